The third-order valence-corrected chi connectivity index (χ3v) is 4.04. The first kappa shape index (κ1) is 14.4. The predicted octanol–water partition coefficient (Wildman–Crippen LogP) is 0.959. The van der Waals surface area contributed by atoms with Crippen molar-refractivity contribution in [2.24, 2.45) is 5.92 Å². The van der Waals surface area contributed by atoms with Gasteiger partial charge >= 0.3 is 0 Å². The average Bonchev–Trinajstić information content (AvgIpc) is 2.84. The standard InChI is InChI=1S/C12H20N4O2S/c1-16(6-9-4-2-3-5-10(9)17)7-11(18)14-12-15-13-8-19-12/h8-10,17H,2-7H2,1H3,(H,14,15,18). The first-order chi connectivity index (χ1) is 9.15. The lowest BCUT2D eigenvalue weighted by atomic mass is 9.86. The van der Waals surface area contributed by atoms with E-state index in [4.69, 9.17) is 0 Å². The maximum absolute atomic E-state index is 11.8. The van der Waals surface area contributed by atoms with Gasteiger partial charge < -0.3 is 5.11 Å². The molecule has 2 unspecified atom stereocenters. The van der Waals surface area contributed by atoms with Crippen LogP contribution in [-0.2, 0) is 4.79 Å². The van der Waals surface area contributed by atoms with Crippen molar-refractivity contribution in [2.75, 3.05) is 25.5 Å². The first-order valence-corrected chi connectivity index (χ1v) is 7.45. The first-order valence-electron chi connectivity index (χ1n) is 6.58. The topological polar surface area (TPSA) is 78.4 Å². The second-order valence-corrected chi connectivity index (χ2v) is 5.93. The van der Waals surface area contributed by atoms with E-state index in [0.29, 0.717) is 11.7 Å². The summed E-state index contributed by atoms with van der Waals surface area (Å²) < 4.78 is 0. The number of carbonyl (C=O) groups is 1. The van der Waals surface area contributed by atoms with Crippen LogP contribution in [0.25, 0.3) is 0 Å². The Morgan fingerprint density at radius 1 is 1.58 bits per heavy atom. The summed E-state index contributed by atoms with van der Waals surface area (Å²) in [7, 11) is 1.90. The summed E-state index contributed by atoms with van der Waals surface area (Å²) in [5.74, 6) is 0.192. The quantitative estimate of drug-likeness (QED) is 0.842. The summed E-state index contributed by atoms with van der Waals surface area (Å²) in [6.45, 7) is 1.06. The molecule has 0 spiro atoms. The summed E-state index contributed by atoms with van der Waals surface area (Å²) >= 11 is 1.30. The van der Waals surface area contributed by atoms with Crippen LogP contribution in [0.4, 0.5) is 5.13 Å². The number of amides is 1. The van der Waals surface area contributed by atoms with E-state index in [0.717, 1.165) is 25.8 Å². The molecule has 1 aliphatic carbocycles. The minimum absolute atomic E-state index is 0.0930. The minimum Gasteiger partial charge on any atom is -0.393 e. The fourth-order valence-electron chi connectivity index (χ4n) is 2.50. The second-order valence-electron chi connectivity index (χ2n) is 5.10. The van der Waals surface area contributed by atoms with Gasteiger partial charge in [0.25, 0.3) is 0 Å². The van der Waals surface area contributed by atoms with Crippen LogP contribution in [0.3, 0.4) is 0 Å². The van der Waals surface area contributed by atoms with E-state index in [2.05, 4.69) is 15.5 Å². The number of rotatable bonds is 5. The SMILES string of the molecule is CN(CC(=O)Nc1nncs1)CC1CCCCC1O. The second kappa shape index (κ2) is 6.93. The Kier molecular flexibility index (Phi) is 5.24. The maximum atomic E-state index is 11.8. The van der Waals surface area contributed by atoms with Gasteiger partial charge in [-0.3, -0.25) is 15.0 Å². The molecular weight excluding hydrogens is 264 g/mol. The number of likely N-dealkylation sites (N-methyl/N-ethyl adjacent to an activating group) is 1. The highest BCUT2D eigenvalue weighted by Crippen LogP contribution is 2.24. The van der Waals surface area contributed by atoms with Gasteiger partial charge in [-0.05, 0) is 25.8 Å². The molecule has 0 aliphatic heterocycles. The Hall–Kier alpha value is -1.05. The van der Waals surface area contributed by atoms with Crippen LogP contribution >= 0.6 is 11.3 Å². The zero-order chi connectivity index (χ0) is 13.7. The monoisotopic (exact) mass is 284 g/mol. The van der Waals surface area contributed by atoms with Gasteiger partial charge in [-0.2, -0.15) is 0 Å². The molecule has 1 aliphatic rings. The lowest BCUT2D eigenvalue weighted by Crippen LogP contribution is -2.38. The largest absolute Gasteiger partial charge is 0.393 e. The van der Waals surface area contributed by atoms with Crippen molar-refractivity contribution in [2.45, 2.75) is 31.8 Å². The number of nitrogens with zero attached hydrogens (tertiary/aromatic N) is 3. The van der Waals surface area contributed by atoms with Crippen molar-refractivity contribution in [3.63, 3.8) is 0 Å². The fraction of sp³-hybridized carbons (Fsp3) is 0.750. The van der Waals surface area contributed by atoms with Crippen LogP contribution < -0.4 is 5.32 Å². The van der Waals surface area contributed by atoms with E-state index in [1.807, 2.05) is 11.9 Å². The molecular formula is C12H20N4O2S. The lowest BCUT2D eigenvalue weighted by molar-refractivity contribution is -0.117. The Morgan fingerprint density at radius 2 is 2.37 bits per heavy atom. The Bertz CT molecular complexity index is 398. The Morgan fingerprint density at radius 3 is 3.05 bits per heavy atom. The number of aliphatic hydroxyl groups is 1. The van der Waals surface area contributed by atoms with E-state index in [1.165, 1.54) is 17.8 Å². The predicted molar refractivity (Wildman–Crippen MR) is 74.0 cm³/mol. The average molecular weight is 284 g/mol. The van der Waals surface area contributed by atoms with Crippen molar-refractivity contribution in [1.82, 2.24) is 15.1 Å². The molecule has 6 nitrogen and oxygen atoms in total. The molecule has 1 aromatic rings. The van der Waals surface area contributed by atoms with Crippen molar-refractivity contribution >= 4 is 22.4 Å². The molecule has 106 valence electrons. The molecule has 0 radical (unpaired) electrons. The molecule has 19 heavy (non-hydrogen) atoms. The molecule has 7 heteroatoms. The molecule has 1 saturated carbocycles. The molecule has 2 rings (SSSR count). The molecule has 2 atom stereocenters. The summed E-state index contributed by atoms with van der Waals surface area (Å²) in [5.41, 5.74) is 1.58. The lowest BCUT2D eigenvalue weighted by Gasteiger charge is -2.30. The normalized spacial score (nSPS) is 23.5. The summed E-state index contributed by atoms with van der Waals surface area (Å²) in [6.07, 6.45) is 3.99. The molecule has 1 heterocycles. The van der Waals surface area contributed by atoms with Crippen LogP contribution in [-0.4, -0.2) is 52.4 Å². The van der Waals surface area contributed by atoms with Crippen molar-refractivity contribution in [3.05, 3.63) is 5.51 Å². The third-order valence-electron chi connectivity index (χ3n) is 3.44. The van der Waals surface area contributed by atoms with Crippen LogP contribution in [0.15, 0.2) is 5.51 Å². The smallest absolute Gasteiger partial charge is 0.240 e. The summed E-state index contributed by atoms with van der Waals surface area (Å²) in [4.78, 5) is 13.7. The highest BCUT2D eigenvalue weighted by atomic mass is 32.1. The van der Waals surface area contributed by atoms with Crippen LogP contribution in [0.5, 0.6) is 0 Å². The molecule has 1 amide bonds. The minimum atomic E-state index is -0.220. The zero-order valence-corrected chi connectivity index (χ0v) is 11.9. The molecule has 2 N–H and O–H groups in total. The van der Waals surface area contributed by atoms with E-state index >= 15 is 0 Å². The van der Waals surface area contributed by atoms with E-state index in [-0.39, 0.29) is 17.9 Å². The molecule has 0 saturated heterocycles. The van der Waals surface area contributed by atoms with Crippen LogP contribution in [0, 0.1) is 5.92 Å². The number of aliphatic hydroxyl groups excluding tert-OH is 1. The van der Waals surface area contributed by atoms with E-state index in [1.54, 1.807) is 5.51 Å². The van der Waals surface area contributed by atoms with Gasteiger partial charge in [0.2, 0.25) is 11.0 Å². The summed E-state index contributed by atoms with van der Waals surface area (Å²) in [6, 6.07) is 0. The van der Waals surface area contributed by atoms with Crippen molar-refractivity contribution < 1.29 is 9.90 Å². The molecule has 1 fully saturated rings. The third kappa shape index (κ3) is 4.52. The summed E-state index contributed by atoms with van der Waals surface area (Å²) in [5, 5.41) is 20.6. The van der Waals surface area contributed by atoms with Gasteiger partial charge in [-0.15, -0.1) is 10.2 Å². The number of anilines is 1. The van der Waals surface area contributed by atoms with Crippen LogP contribution in [0.1, 0.15) is 25.7 Å². The van der Waals surface area contributed by atoms with Gasteiger partial charge in [0, 0.05) is 6.54 Å². The number of aromatic nitrogens is 2. The fourth-order valence-corrected chi connectivity index (χ4v) is 2.96. The molecule has 0 bridgehead atoms. The molecule has 1 aromatic heterocycles. The van der Waals surface area contributed by atoms with E-state index in [9.17, 15) is 9.90 Å². The van der Waals surface area contributed by atoms with Crippen molar-refractivity contribution in [1.29, 1.82) is 0 Å². The van der Waals surface area contributed by atoms with Crippen molar-refractivity contribution in [3.8, 4) is 0 Å². The maximum Gasteiger partial charge on any atom is 0.240 e. The van der Waals surface area contributed by atoms with Gasteiger partial charge in [-0.25, -0.2) is 0 Å². The zero-order valence-electron chi connectivity index (χ0n) is 11.1. The van der Waals surface area contributed by atoms with Gasteiger partial charge in [0.05, 0.1) is 12.6 Å². The highest BCUT2D eigenvalue weighted by Gasteiger charge is 2.24. The number of hydrogen-bond acceptors (Lipinski definition) is 6. The number of carbonyl (C=O) groups excluding carboxylic acids is 1. The Balaban J connectivity index is 1.74. The van der Waals surface area contributed by atoms with Gasteiger partial charge in [0.1, 0.15) is 5.51 Å². The van der Waals surface area contributed by atoms with E-state index < -0.39 is 0 Å². The number of hydrogen-bond donors (Lipinski definition) is 2. The van der Waals surface area contributed by atoms with Gasteiger partial charge in [-0.1, -0.05) is 24.2 Å². The highest BCUT2D eigenvalue weighted by molar-refractivity contribution is 7.13. The molecule has 0 aromatic carbocycles. The van der Waals surface area contributed by atoms with Crippen LogP contribution in [0.2, 0.25) is 0 Å². The number of nitrogens with one attached hydrogen (secondary N) is 1. The Labute approximate surface area is 116 Å². The van der Waals surface area contributed by atoms with Gasteiger partial charge in [0.15, 0.2) is 0 Å².